The molecule has 3 heterocycles. The van der Waals surface area contributed by atoms with Crippen molar-refractivity contribution in [2.75, 3.05) is 0 Å². The molecule has 0 N–H and O–H groups in total. The van der Waals surface area contributed by atoms with E-state index in [1.807, 2.05) is 35.9 Å². The maximum absolute atomic E-state index is 6.50. The molecule has 0 fully saturated rings. The van der Waals surface area contributed by atoms with Crippen molar-refractivity contribution < 1.29 is 4.42 Å². The van der Waals surface area contributed by atoms with E-state index in [9.17, 15) is 0 Å². The summed E-state index contributed by atoms with van der Waals surface area (Å²) in [5, 5.41) is 10.0. The van der Waals surface area contributed by atoms with Crippen LogP contribution in [0.3, 0.4) is 0 Å². The lowest BCUT2D eigenvalue weighted by molar-refractivity contribution is 0.669. The Kier molecular flexibility index (Phi) is 4.52. The molecular formula is C37H21NOS. The SMILES string of the molecule is c1cncc(-c2ccc(-c3cc4oc5ccccc5c4c4c3ccc3c5cc6ccccc6cc5sc34)cc2)c1. The van der Waals surface area contributed by atoms with Gasteiger partial charge in [0.1, 0.15) is 11.2 Å². The van der Waals surface area contributed by atoms with Crippen molar-refractivity contribution >= 4 is 75.0 Å². The molecular weight excluding hydrogens is 506 g/mol. The molecule has 9 rings (SSSR count). The first-order valence-electron chi connectivity index (χ1n) is 13.4. The van der Waals surface area contributed by atoms with Crippen LogP contribution in [-0.2, 0) is 0 Å². The Hall–Kier alpha value is -4.99. The van der Waals surface area contributed by atoms with Gasteiger partial charge in [0.15, 0.2) is 0 Å². The number of pyridine rings is 1. The quantitative estimate of drug-likeness (QED) is 0.223. The van der Waals surface area contributed by atoms with Crippen LogP contribution in [0.5, 0.6) is 0 Å². The fraction of sp³-hybridized carbons (Fsp3) is 0. The van der Waals surface area contributed by atoms with E-state index in [-0.39, 0.29) is 0 Å². The topological polar surface area (TPSA) is 26.0 Å². The first-order chi connectivity index (χ1) is 19.8. The summed E-state index contributed by atoms with van der Waals surface area (Å²) >= 11 is 1.89. The van der Waals surface area contributed by atoms with Gasteiger partial charge in [0.2, 0.25) is 0 Å². The number of benzene rings is 6. The second-order valence-corrected chi connectivity index (χ2v) is 11.4. The van der Waals surface area contributed by atoms with E-state index in [1.165, 1.54) is 58.2 Å². The molecule has 0 bridgehead atoms. The molecule has 3 aromatic heterocycles. The van der Waals surface area contributed by atoms with E-state index in [1.54, 1.807) is 0 Å². The zero-order chi connectivity index (χ0) is 26.2. The average molecular weight is 528 g/mol. The van der Waals surface area contributed by atoms with Gasteiger partial charge in [0.05, 0.1) is 0 Å². The zero-order valence-electron chi connectivity index (χ0n) is 21.4. The van der Waals surface area contributed by atoms with Gasteiger partial charge in [-0.05, 0) is 68.7 Å². The summed E-state index contributed by atoms with van der Waals surface area (Å²) < 4.78 is 9.12. The van der Waals surface area contributed by atoms with Gasteiger partial charge in [0, 0.05) is 48.7 Å². The molecule has 0 atom stereocenters. The van der Waals surface area contributed by atoms with Gasteiger partial charge in [-0.2, -0.15) is 0 Å². The fourth-order valence-corrected chi connectivity index (χ4v) is 7.53. The van der Waals surface area contributed by atoms with E-state index in [0.29, 0.717) is 0 Å². The summed E-state index contributed by atoms with van der Waals surface area (Å²) in [6.45, 7) is 0. The molecule has 0 amide bonds. The van der Waals surface area contributed by atoms with Crippen LogP contribution in [0.2, 0.25) is 0 Å². The monoisotopic (exact) mass is 527 g/mol. The van der Waals surface area contributed by atoms with Crippen molar-refractivity contribution in [2.24, 2.45) is 0 Å². The Balaban J connectivity index is 1.39. The smallest absolute Gasteiger partial charge is 0.136 e. The van der Waals surface area contributed by atoms with E-state index >= 15 is 0 Å². The molecule has 0 aliphatic heterocycles. The van der Waals surface area contributed by atoms with E-state index in [2.05, 4.69) is 108 Å². The second kappa shape index (κ2) is 8.25. The third-order valence-electron chi connectivity index (χ3n) is 8.14. The van der Waals surface area contributed by atoms with Crippen LogP contribution in [0.25, 0.3) is 85.9 Å². The van der Waals surface area contributed by atoms with E-state index in [4.69, 9.17) is 4.42 Å². The molecule has 40 heavy (non-hydrogen) atoms. The molecule has 2 nitrogen and oxygen atoms in total. The Bertz CT molecular complexity index is 2410. The summed E-state index contributed by atoms with van der Waals surface area (Å²) in [5.74, 6) is 0. The first-order valence-corrected chi connectivity index (χ1v) is 14.3. The minimum Gasteiger partial charge on any atom is -0.456 e. The van der Waals surface area contributed by atoms with Crippen LogP contribution in [-0.4, -0.2) is 4.98 Å². The fourth-order valence-electron chi connectivity index (χ4n) is 6.25. The average Bonchev–Trinajstić information content (AvgIpc) is 3.57. The van der Waals surface area contributed by atoms with Gasteiger partial charge < -0.3 is 4.42 Å². The number of aromatic nitrogens is 1. The summed E-state index contributed by atoms with van der Waals surface area (Å²) in [6, 6.07) is 41.5. The highest BCUT2D eigenvalue weighted by atomic mass is 32.1. The van der Waals surface area contributed by atoms with Crippen LogP contribution in [0, 0.1) is 0 Å². The third-order valence-corrected chi connectivity index (χ3v) is 9.32. The molecule has 0 aliphatic carbocycles. The van der Waals surface area contributed by atoms with E-state index < -0.39 is 0 Å². The van der Waals surface area contributed by atoms with Gasteiger partial charge >= 0.3 is 0 Å². The standard InChI is InChI=1S/C37H21NOS/c1-2-7-25-19-34-31(18-24(25)6-1)28-16-15-27-30(23-13-11-22(12-14-23)26-8-5-17-38-21-26)20-33-35(36(27)37(28)40-34)29-9-3-4-10-32(29)39-33/h1-21H. The maximum Gasteiger partial charge on any atom is 0.136 e. The lowest BCUT2D eigenvalue weighted by Gasteiger charge is -2.11. The zero-order valence-corrected chi connectivity index (χ0v) is 22.2. The number of fused-ring (bicyclic) bond motifs is 10. The molecule has 6 aromatic carbocycles. The minimum absolute atomic E-state index is 0.923. The Morgan fingerprint density at radius 1 is 0.525 bits per heavy atom. The maximum atomic E-state index is 6.50. The van der Waals surface area contributed by atoms with Crippen molar-refractivity contribution in [3.63, 3.8) is 0 Å². The van der Waals surface area contributed by atoms with Crippen molar-refractivity contribution in [3.8, 4) is 22.3 Å². The van der Waals surface area contributed by atoms with Crippen molar-refractivity contribution in [3.05, 3.63) is 128 Å². The minimum atomic E-state index is 0.923. The molecule has 0 aliphatic rings. The number of thiophene rings is 1. The summed E-state index contributed by atoms with van der Waals surface area (Å²) in [4.78, 5) is 4.29. The van der Waals surface area contributed by atoms with Crippen LogP contribution < -0.4 is 0 Å². The van der Waals surface area contributed by atoms with Crippen LogP contribution in [0.4, 0.5) is 0 Å². The molecule has 0 saturated heterocycles. The largest absolute Gasteiger partial charge is 0.456 e. The van der Waals surface area contributed by atoms with Gasteiger partial charge in [0.25, 0.3) is 0 Å². The third kappa shape index (κ3) is 3.13. The molecule has 0 saturated carbocycles. The van der Waals surface area contributed by atoms with Crippen LogP contribution in [0.1, 0.15) is 0 Å². The van der Waals surface area contributed by atoms with Crippen molar-refractivity contribution in [1.29, 1.82) is 0 Å². The number of para-hydroxylation sites is 1. The number of rotatable bonds is 2. The highest BCUT2D eigenvalue weighted by Gasteiger charge is 2.19. The Labute approximate surface area is 233 Å². The van der Waals surface area contributed by atoms with Crippen molar-refractivity contribution in [1.82, 2.24) is 4.98 Å². The molecule has 0 radical (unpaired) electrons. The number of furan rings is 1. The molecule has 186 valence electrons. The lowest BCUT2D eigenvalue weighted by atomic mass is 9.92. The predicted octanol–water partition coefficient (Wildman–Crippen LogP) is 11.0. The summed E-state index contributed by atoms with van der Waals surface area (Å²) in [5.41, 5.74) is 6.48. The first kappa shape index (κ1) is 21.9. The van der Waals surface area contributed by atoms with Crippen LogP contribution >= 0.6 is 11.3 Å². The van der Waals surface area contributed by atoms with Crippen LogP contribution in [0.15, 0.2) is 132 Å². The highest BCUT2D eigenvalue weighted by molar-refractivity contribution is 7.27. The number of hydrogen-bond donors (Lipinski definition) is 0. The molecule has 9 aromatic rings. The molecule has 0 unspecified atom stereocenters. The van der Waals surface area contributed by atoms with Gasteiger partial charge in [-0.25, -0.2) is 0 Å². The predicted molar refractivity (Wildman–Crippen MR) is 170 cm³/mol. The van der Waals surface area contributed by atoms with E-state index in [0.717, 1.165) is 27.7 Å². The normalized spacial score (nSPS) is 12.0. The second-order valence-electron chi connectivity index (χ2n) is 10.4. The van der Waals surface area contributed by atoms with Gasteiger partial charge in [-0.15, -0.1) is 11.3 Å². The Morgan fingerprint density at radius 3 is 2.15 bits per heavy atom. The lowest BCUT2D eigenvalue weighted by Crippen LogP contribution is -1.85. The number of nitrogens with zero attached hydrogens (tertiary/aromatic N) is 1. The molecule has 0 spiro atoms. The highest BCUT2D eigenvalue weighted by Crippen LogP contribution is 2.47. The molecule has 3 heteroatoms. The number of hydrogen-bond acceptors (Lipinski definition) is 3. The Morgan fingerprint density at radius 2 is 1.30 bits per heavy atom. The summed E-state index contributed by atoms with van der Waals surface area (Å²) in [7, 11) is 0. The van der Waals surface area contributed by atoms with Gasteiger partial charge in [-0.1, -0.05) is 84.9 Å². The van der Waals surface area contributed by atoms with Gasteiger partial charge in [-0.3, -0.25) is 4.98 Å². The van der Waals surface area contributed by atoms with Crippen molar-refractivity contribution in [2.45, 2.75) is 0 Å². The summed E-state index contributed by atoms with van der Waals surface area (Å²) in [6.07, 6.45) is 3.72.